The van der Waals surface area contributed by atoms with Gasteiger partial charge in [-0.05, 0) is 49.2 Å². The van der Waals surface area contributed by atoms with Crippen molar-refractivity contribution in [2.45, 2.75) is 18.4 Å². The summed E-state index contributed by atoms with van der Waals surface area (Å²) in [4.78, 5) is 0. The van der Waals surface area contributed by atoms with E-state index >= 15 is 0 Å². The number of aromatic nitrogens is 2. The minimum Gasteiger partial charge on any atom is -0.320 e. The molecular weight excluding hydrogens is 217 g/mol. The second-order valence-electron chi connectivity index (χ2n) is 4.47. The van der Waals surface area contributed by atoms with Gasteiger partial charge in [0, 0.05) is 5.56 Å². The molecule has 2 aromatic rings. The van der Waals surface area contributed by atoms with E-state index < -0.39 is 0 Å². The molecule has 17 heavy (non-hydrogen) atoms. The third-order valence-electron chi connectivity index (χ3n) is 3.10. The molecule has 86 valence electrons. The maximum Gasteiger partial charge on any atom is 0.123 e. The highest BCUT2D eigenvalue weighted by atomic mass is 19.1. The first-order valence-electron chi connectivity index (χ1n) is 5.56. The topological polar surface area (TPSA) is 51.8 Å². The van der Waals surface area contributed by atoms with Crippen molar-refractivity contribution in [1.29, 1.82) is 0 Å². The van der Waals surface area contributed by atoms with Gasteiger partial charge in [0.05, 0.1) is 16.9 Å². The quantitative estimate of drug-likeness (QED) is 0.859. The van der Waals surface area contributed by atoms with E-state index in [2.05, 4.69) is 10.2 Å². The molecule has 1 aliphatic carbocycles. The number of hydrogen-bond donors (Lipinski definition) is 1. The minimum atomic E-state index is -0.256. The Labute approximate surface area is 98.5 Å². The number of benzene rings is 1. The second-order valence-corrected chi connectivity index (χ2v) is 4.47. The smallest absolute Gasteiger partial charge is 0.123 e. The first-order chi connectivity index (χ1) is 8.17. The van der Waals surface area contributed by atoms with Crippen LogP contribution in [0.15, 0.2) is 36.4 Å². The predicted molar refractivity (Wildman–Crippen MR) is 62.5 cm³/mol. The average molecular weight is 229 g/mol. The highest BCUT2D eigenvalue weighted by Crippen LogP contribution is 2.41. The summed E-state index contributed by atoms with van der Waals surface area (Å²) in [7, 11) is 0. The highest BCUT2D eigenvalue weighted by Gasteiger charge is 2.41. The Hall–Kier alpha value is -1.81. The van der Waals surface area contributed by atoms with Gasteiger partial charge in [-0.1, -0.05) is 0 Å². The van der Waals surface area contributed by atoms with Gasteiger partial charge in [-0.2, -0.15) is 10.2 Å². The van der Waals surface area contributed by atoms with E-state index in [1.807, 2.05) is 12.1 Å². The van der Waals surface area contributed by atoms with Gasteiger partial charge in [-0.3, -0.25) is 0 Å². The molecule has 3 nitrogen and oxygen atoms in total. The van der Waals surface area contributed by atoms with Gasteiger partial charge in [0.25, 0.3) is 0 Å². The summed E-state index contributed by atoms with van der Waals surface area (Å²) in [5, 5.41) is 8.28. The van der Waals surface area contributed by atoms with Crippen molar-refractivity contribution < 1.29 is 4.39 Å². The van der Waals surface area contributed by atoms with E-state index in [-0.39, 0.29) is 11.4 Å². The van der Waals surface area contributed by atoms with E-state index in [1.165, 1.54) is 12.1 Å². The largest absolute Gasteiger partial charge is 0.320 e. The molecule has 1 heterocycles. The molecule has 0 radical (unpaired) electrons. The Bertz CT molecular complexity index is 530. The molecular formula is C13H12FN3. The summed E-state index contributed by atoms with van der Waals surface area (Å²) < 4.78 is 12.8. The van der Waals surface area contributed by atoms with E-state index in [9.17, 15) is 4.39 Å². The van der Waals surface area contributed by atoms with Crippen molar-refractivity contribution in [3.05, 3.63) is 47.9 Å². The lowest BCUT2D eigenvalue weighted by atomic mass is 10.1. The van der Waals surface area contributed by atoms with Gasteiger partial charge >= 0.3 is 0 Å². The van der Waals surface area contributed by atoms with Gasteiger partial charge < -0.3 is 5.73 Å². The predicted octanol–water partition coefficient (Wildman–Crippen LogP) is 2.23. The summed E-state index contributed by atoms with van der Waals surface area (Å²) in [6, 6.07) is 9.98. The SMILES string of the molecule is NC1(c2ccc(-c3ccc(F)cc3)nn2)CC1. The third kappa shape index (κ3) is 1.91. The van der Waals surface area contributed by atoms with Crippen LogP contribution in [0.25, 0.3) is 11.3 Å². The zero-order chi connectivity index (χ0) is 11.9. The molecule has 1 fully saturated rings. The third-order valence-corrected chi connectivity index (χ3v) is 3.10. The lowest BCUT2D eigenvalue weighted by Crippen LogP contribution is -2.20. The fraction of sp³-hybridized carbons (Fsp3) is 0.231. The molecule has 3 rings (SSSR count). The Kier molecular flexibility index (Phi) is 2.19. The van der Waals surface area contributed by atoms with E-state index in [4.69, 9.17) is 5.73 Å². The van der Waals surface area contributed by atoms with E-state index in [1.54, 1.807) is 12.1 Å². The first kappa shape index (κ1) is 10.4. The molecule has 0 spiro atoms. The molecule has 0 amide bonds. The van der Waals surface area contributed by atoms with Crippen LogP contribution >= 0.6 is 0 Å². The molecule has 0 aliphatic heterocycles. The summed E-state index contributed by atoms with van der Waals surface area (Å²) in [6.45, 7) is 0. The zero-order valence-corrected chi connectivity index (χ0v) is 9.23. The van der Waals surface area contributed by atoms with Crippen molar-refractivity contribution in [3.8, 4) is 11.3 Å². The molecule has 2 N–H and O–H groups in total. The van der Waals surface area contributed by atoms with Crippen LogP contribution < -0.4 is 5.73 Å². The highest BCUT2D eigenvalue weighted by molar-refractivity contribution is 5.58. The molecule has 1 aromatic heterocycles. The number of nitrogens with two attached hydrogens (primary N) is 1. The standard InChI is InChI=1S/C13H12FN3/c14-10-3-1-9(2-4-10)11-5-6-12(17-16-11)13(15)7-8-13/h1-6H,7-8,15H2. The summed E-state index contributed by atoms with van der Waals surface area (Å²) in [5.74, 6) is -0.253. The van der Waals surface area contributed by atoms with Crippen molar-refractivity contribution >= 4 is 0 Å². The first-order valence-corrected chi connectivity index (χ1v) is 5.56. The fourth-order valence-corrected chi connectivity index (χ4v) is 1.76. The van der Waals surface area contributed by atoms with Gasteiger partial charge in [-0.25, -0.2) is 4.39 Å². The van der Waals surface area contributed by atoms with Crippen molar-refractivity contribution in [3.63, 3.8) is 0 Å². The molecule has 0 bridgehead atoms. The molecule has 4 heteroatoms. The number of hydrogen-bond acceptors (Lipinski definition) is 3. The summed E-state index contributed by atoms with van der Waals surface area (Å²) in [5.41, 5.74) is 8.19. The van der Waals surface area contributed by atoms with Crippen LogP contribution in [0, 0.1) is 5.82 Å². The van der Waals surface area contributed by atoms with Crippen LogP contribution in [0.4, 0.5) is 4.39 Å². The Morgan fingerprint density at radius 2 is 1.71 bits per heavy atom. The maximum atomic E-state index is 12.8. The van der Waals surface area contributed by atoms with Crippen LogP contribution in [-0.4, -0.2) is 10.2 Å². The minimum absolute atomic E-state index is 0.253. The van der Waals surface area contributed by atoms with Gasteiger partial charge in [-0.15, -0.1) is 0 Å². The normalized spacial score (nSPS) is 16.8. The Morgan fingerprint density at radius 3 is 2.24 bits per heavy atom. The number of rotatable bonds is 2. The van der Waals surface area contributed by atoms with Crippen molar-refractivity contribution in [2.75, 3.05) is 0 Å². The van der Waals surface area contributed by atoms with E-state index in [0.717, 1.165) is 29.8 Å². The monoisotopic (exact) mass is 229 g/mol. The van der Waals surface area contributed by atoms with E-state index in [0.29, 0.717) is 0 Å². The number of nitrogens with zero attached hydrogens (tertiary/aromatic N) is 2. The van der Waals surface area contributed by atoms with Gasteiger partial charge in [0.2, 0.25) is 0 Å². The Morgan fingerprint density at radius 1 is 1.00 bits per heavy atom. The molecule has 1 aromatic carbocycles. The molecule has 1 aliphatic rings. The summed E-state index contributed by atoms with van der Waals surface area (Å²) >= 11 is 0. The van der Waals surface area contributed by atoms with Crippen molar-refractivity contribution in [2.24, 2.45) is 5.73 Å². The fourth-order valence-electron chi connectivity index (χ4n) is 1.76. The van der Waals surface area contributed by atoms with Crippen LogP contribution in [-0.2, 0) is 5.54 Å². The molecule has 0 unspecified atom stereocenters. The zero-order valence-electron chi connectivity index (χ0n) is 9.23. The lowest BCUT2D eigenvalue weighted by Gasteiger charge is -2.07. The van der Waals surface area contributed by atoms with Gasteiger partial charge in [0.15, 0.2) is 0 Å². The van der Waals surface area contributed by atoms with Crippen LogP contribution in [0.1, 0.15) is 18.5 Å². The average Bonchev–Trinajstić information content (AvgIpc) is 3.10. The van der Waals surface area contributed by atoms with Crippen LogP contribution in [0.5, 0.6) is 0 Å². The molecule has 0 atom stereocenters. The van der Waals surface area contributed by atoms with Crippen molar-refractivity contribution in [1.82, 2.24) is 10.2 Å². The van der Waals surface area contributed by atoms with Crippen LogP contribution in [0.2, 0.25) is 0 Å². The Balaban J connectivity index is 1.91. The summed E-state index contributed by atoms with van der Waals surface area (Å²) in [6.07, 6.45) is 1.94. The van der Waals surface area contributed by atoms with Gasteiger partial charge in [0.1, 0.15) is 5.82 Å². The molecule has 1 saturated carbocycles. The molecule has 0 saturated heterocycles. The number of halogens is 1. The maximum absolute atomic E-state index is 12.8. The second kappa shape index (κ2) is 3.60. The lowest BCUT2D eigenvalue weighted by molar-refractivity contribution is 0.628. The van der Waals surface area contributed by atoms with Crippen LogP contribution in [0.3, 0.4) is 0 Å².